The maximum atomic E-state index is 6.75. The van der Waals surface area contributed by atoms with E-state index in [9.17, 15) is 0 Å². The predicted octanol–water partition coefficient (Wildman–Crippen LogP) is 15.1. The molecule has 0 bridgehead atoms. The van der Waals surface area contributed by atoms with Gasteiger partial charge in [-0.25, -0.2) is 0 Å². The van der Waals surface area contributed by atoms with Gasteiger partial charge in [0.1, 0.15) is 5.58 Å². The average Bonchev–Trinajstić information content (AvgIpc) is 3.88. The Morgan fingerprint density at radius 3 is 1.89 bits per heavy atom. The molecule has 315 valence electrons. The summed E-state index contributed by atoms with van der Waals surface area (Å²) in [7, 11) is -1.23. The Morgan fingerprint density at radius 2 is 1.24 bits per heavy atom. The number of para-hydroxylation sites is 3. The third-order valence-corrected chi connectivity index (χ3v) is 13.8. The fourth-order valence-electron chi connectivity index (χ4n) is 8.31. The van der Waals surface area contributed by atoms with Gasteiger partial charge in [0.15, 0.2) is 0 Å². The Hall–Kier alpha value is -6.17. The average molecular weight is 1010 g/mol. The van der Waals surface area contributed by atoms with Crippen LogP contribution in [0.2, 0.25) is 19.6 Å². The van der Waals surface area contributed by atoms with E-state index in [1.165, 1.54) is 33.1 Å². The smallest absolute Gasteiger partial charge is 0.121 e. The van der Waals surface area contributed by atoms with Gasteiger partial charge in [0.25, 0.3) is 0 Å². The number of pyridine rings is 1. The third-order valence-electron chi connectivity index (χ3n) is 11.7. The first kappa shape index (κ1) is 43.5. The van der Waals surface area contributed by atoms with E-state index in [0.717, 1.165) is 66.7 Å². The zero-order chi connectivity index (χ0) is 43.0. The standard InChI is InChI=1S/C43H35N2O.C14H16NSi.Ir/c1-27(2)33-14-10-15-34(28(3)4)41(33)45-39-19-9-8-18-38(39)44-43(45)37-17-11-16-36-35-25-24-32(26-40(35)46-42(36)37)31-22-20-30(21-23-31)29-12-6-5-7-13-29;1-16(2,3)13-9-10-14(15-11-13)12-7-5-4-6-8-12;/h5-16,18-28H,1-4H3;4-7,9-11H,1-3H3;/q2*-1;. The van der Waals surface area contributed by atoms with Crippen LogP contribution in [0.1, 0.15) is 50.7 Å². The normalized spacial score (nSPS) is 11.6. The maximum absolute atomic E-state index is 6.75. The SMILES string of the molecule is CC(C)c1cccc(C(C)C)c1-n1c(-c2[c-]ccc3c2oc2cc(-c4ccc(-c5ccccc5)cc4)ccc23)nc2ccccc21.C[Si](C)(C)c1ccc(-c2[c-]cccc2)nc1.[Ir]. The molecule has 0 fully saturated rings. The van der Waals surface area contributed by atoms with E-state index in [-0.39, 0.29) is 20.1 Å². The molecule has 63 heavy (non-hydrogen) atoms. The van der Waals surface area contributed by atoms with Crippen molar-refractivity contribution in [3.8, 4) is 50.6 Å². The van der Waals surface area contributed by atoms with Gasteiger partial charge in [-0.05, 0) is 74.3 Å². The Labute approximate surface area is 386 Å². The Bertz CT molecular complexity index is 3120. The van der Waals surface area contributed by atoms with Crippen molar-refractivity contribution in [1.82, 2.24) is 14.5 Å². The fraction of sp³-hybridized carbons (Fsp3) is 0.158. The van der Waals surface area contributed by atoms with Crippen LogP contribution in [-0.2, 0) is 20.1 Å². The van der Waals surface area contributed by atoms with Crippen LogP contribution in [0.3, 0.4) is 0 Å². The van der Waals surface area contributed by atoms with Crippen LogP contribution in [0.25, 0.3) is 83.6 Å². The molecule has 7 aromatic carbocycles. The second kappa shape index (κ2) is 18.3. The van der Waals surface area contributed by atoms with Crippen LogP contribution in [-0.4, -0.2) is 22.6 Å². The molecule has 0 spiro atoms. The van der Waals surface area contributed by atoms with Gasteiger partial charge in [-0.1, -0.05) is 167 Å². The van der Waals surface area contributed by atoms with Crippen LogP contribution >= 0.6 is 0 Å². The van der Waals surface area contributed by atoms with E-state index in [1.54, 1.807) is 0 Å². The van der Waals surface area contributed by atoms with Crippen molar-refractivity contribution < 1.29 is 24.5 Å². The van der Waals surface area contributed by atoms with Gasteiger partial charge in [-0.2, -0.15) is 0 Å². The van der Waals surface area contributed by atoms with Crippen LogP contribution in [0.5, 0.6) is 0 Å². The molecule has 3 heterocycles. The molecular formula is C57H51IrN3OSi-2. The van der Waals surface area contributed by atoms with Gasteiger partial charge in [-0.3, -0.25) is 4.98 Å². The summed E-state index contributed by atoms with van der Waals surface area (Å²) >= 11 is 0. The number of benzene rings is 7. The molecule has 0 aliphatic carbocycles. The summed E-state index contributed by atoms with van der Waals surface area (Å²) < 4.78 is 9.10. The summed E-state index contributed by atoms with van der Waals surface area (Å²) in [4.78, 5) is 9.77. The quantitative estimate of drug-likeness (QED) is 0.113. The van der Waals surface area contributed by atoms with Crippen molar-refractivity contribution in [3.63, 3.8) is 0 Å². The topological polar surface area (TPSA) is 43.9 Å². The third kappa shape index (κ3) is 8.77. The van der Waals surface area contributed by atoms with Crippen LogP contribution < -0.4 is 5.19 Å². The minimum atomic E-state index is -1.23. The number of rotatable bonds is 8. The van der Waals surface area contributed by atoms with E-state index in [0.29, 0.717) is 11.8 Å². The van der Waals surface area contributed by atoms with Crippen LogP contribution in [0.4, 0.5) is 0 Å². The second-order valence-electron chi connectivity index (χ2n) is 17.7. The molecule has 0 aliphatic heterocycles. The molecule has 4 nitrogen and oxygen atoms in total. The molecule has 0 unspecified atom stereocenters. The van der Waals surface area contributed by atoms with Crippen molar-refractivity contribution in [2.75, 3.05) is 0 Å². The van der Waals surface area contributed by atoms with Gasteiger partial charge >= 0.3 is 0 Å². The summed E-state index contributed by atoms with van der Waals surface area (Å²) in [5, 5.41) is 3.55. The largest absolute Gasteiger partial charge is 0.501 e. The molecule has 10 rings (SSSR count). The molecule has 0 saturated carbocycles. The Balaban J connectivity index is 0.000000271. The second-order valence-corrected chi connectivity index (χ2v) is 22.7. The molecule has 0 amide bonds. The Kier molecular flexibility index (Phi) is 12.6. The minimum Gasteiger partial charge on any atom is -0.501 e. The molecule has 6 heteroatoms. The molecule has 0 aliphatic rings. The van der Waals surface area contributed by atoms with E-state index in [4.69, 9.17) is 9.40 Å². The van der Waals surface area contributed by atoms with Crippen molar-refractivity contribution >= 4 is 46.2 Å². The van der Waals surface area contributed by atoms with Gasteiger partial charge in [0.05, 0.1) is 30.5 Å². The van der Waals surface area contributed by atoms with E-state index >= 15 is 0 Å². The van der Waals surface area contributed by atoms with E-state index < -0.39 is 8.07 Å². The first-order valence-corrected chi connectivity index (χ1v) is 25.1. The molecule has 3 aromatic heterocycles. The van der Waals surface area contributed by atoms with Crippen molar-refractivity contribution in [2.24, 2.45) is 0 Å². The van der Waals surface area contributed by atoms with Crippen molar-refractivity contribution in [3.05, 3.63) is 193 Å². The number of nitrogens with zero attached hydrogens (tertiary/aromatic N) is 3. The molecule has 0 saturated heterocycles. The number of hydrogen-bond donors (Lipinski definition) is 0. The number of aromatic nitrogens is 3. The summed E-state index contributed by atoms with van der Waals surface area (Å²) in [6.07, 6.45) is 2.02. The summed E-state index contributed by atoms with van der Waals surface area (Å²) in [6, 6.07) is 64.0. The van der Waals surface area contributed by atoms with Crippen LogP contribution in [0.15, 0.2) is 174 Å². The number of furan rings is 1. The first-order chi connectivity index (χ1) is 30.0. The number of hydrogen-bond acceptors (Lipinski definition) is 3. The molecule has 1 radical (unpaired) electrons. The maximum Gasteiger partial charge on any atom is 0.121 e. The molecule has 0 atom stereocenters. The monoisotopic (exact) mass is 1010 g/mol. The van der Waals surface area contributed by atoms with Crippen molar-refractivity contribution in [1.29, 1.82) is 0 Å². The molecule has 0 N–H and O–H groups in total. The predicted molar refractivity (Wildman–Crippen MR) is 263 cm³/mol. The summed E-state index contributed by atoms with van der Waals surface area (Å²) in [6.45, 7) is 16.1. The number of fused-ring (bicyclic) bond motifs is 4. The first-order valence-electron chi connectivity index (χ1n) is 21.6. The van der Waals surface area contributed by atoms with Gasteiger partial charge < -0.3 is 14.0 Å². The molecular weight excluding hydrogens is 963 g/mol. The zero-order valence-corrected chi connectivity index (χ0v) is 40.3. The zero-order valence-electron chi connectivity index (χ0n) is 36.9. The fourth-order valence-corrected chi connectivity index (χ4v) is 9.35. The van der Waals surface area contributed by atoms with Crippen LogP contribution in [0, 0.1) is 12.1 Å². The van der Waals surface area contributed by atoms with E-state index in [1.807, 2.05) is 42.6 Å². The Morgan fingerprint density at radius 1 is 0.587 bits per heavy atom. The number of imidazole rings is 1. The van der Waals surface area contributed by atoms with Crippen molar-refractivity contribution in [2.45, 2.75) is 59.2 Å². The van der Waals surface area contributed by atoms with E-state index in [2.05, 4.69) is 196 Å². The van der Waals surface area contributed by atoms with Gasteiger partial charge in [-0.15, -0.1) is 54.1 Å². The summed E-state index contributed by atoms with van der Waals surface area (Å²) in [5.41, 5.74) is 15.1. The summed E-state index contributed by atoms with van der Waals surface area (Å²) in [5.74, 6) is 1.53. The molecule has 10 aromatic rings. The van der Waals surface area contributed by atoms with Gasteiger partial charge in [0, 0.05) is 37.4 Å². The minimum absolute atomic E-state index is 0. The van der Waals surface area contributed by atoms with Gasteiger partial charge in [0.2, 0.25) is 0 Å².